The molecule has 1 saturated carbocycles. The first-order valence-corrected chi connectivity index (χ1v) is 14.0. The van der Waals surface area contributed by atoms with Crippen LogP contribution in [-0.2, 0) is 20.1 Å². The van der Waals surface area contributed by atoms with Gasteiger partial charge in [0.2, 0.25) is 15.7 Å². The summed E-state index contributed by atoms with van der Waals surface area (Å²) in [7, 11) is 0.395. The lowest BCUT2D eigenvalue weighted by Gasteiger charge is -2.53. The lowest BCUT2D eigenvalue weighted by atomic mass is 9.63. The van der Waals surface area contributed by atoms with Crippen LogP contribution < -0.4 is 0 Å². The van der Waals surface area contributed by atoms with Crippen LogP contribution in [-0.4, -0.2) is 39.3 Å². The molecule has 5 heteroatoms. The Morgan fingerprint density at radius 1 is 0.886 bits per heavy atom. The minimum Gasteiger partial charge on any atom is -0.411 e. The van der Waals surface area contributed by atoms with E-state index < -0.39 is 5.41 Å². The standard InChI is InChI=1S/C30H40FNO2Si/c1-27(2,3)35-34-28(4,5)30(23-12-7-6-8-13-23)18-20-32(21-19-30)26(33)29(16-9-10-17-29)24-14-11-15-25(31)22-24/h6-8,11-15,22H,9-10,16-21H2,1-5H3. The zero-order valence-corrected chi connectivity index (χ0v) is 23.0. The molecule has 0 unspecified atom stereocenters. The van der Waals surface area contributed by atoms with Gasteiger partial charge in [0.05, 0.1) is 11.0 Å². The van der Waals surface area contributed by atoms with Crippen LogP contribution >= 0.6 is 0 Å². The summed E-state index contributed by atoms with van der Waals surface area (Å²) < 4.78 is 20.8. The van der Waals surface area contributed by atoms with Crippen molar-refractivity contribution in [3.05, 3.63) is 71.5 Å². The molecule has 35 heavy (non-hydrogen) atoms. The summed E-state index contributed by atoms with van der Waals surface area (Å²) in [6.45, 7) is 12.5. The van der Waals surface area contributed by atoms with Gasteiger partial charge in [-0.1, -0.05) is 76.1 Å². The van der Waals surface area contributed by atoms with Gasteiger partial charge in [-0.2, -0.15) is 0 Å². The van der Waals surface area contributed by atoms with Crippen LogP contribution in [0.4, 0.5) is 4.39 Å². The SMILES string of the molecule is CC(C)(C)[Si]OC(C)(C)C1(c2ccccc2)CCN(C(=O)C2(c3cccc(F)c3)CCCC2)CC1. The molecule has 0 atom stereocenters. The quantitative estimate of drug-likeness (QED) is 0.413. The lowest BCUT2D eigenvalue weighted by molar-refractivity contribution is -0.140. The van der Waals surface area contributed by atoms with E-state index in [1.165, 1.54) is 11.6 Å². The summed E-state index contributed by atoms with van der Waals surface area (Å²) in [6, 6.07) is 17.4. The number of nitrogens with zero attached hydrogens (tertiary/aromatic N) is 1. The molecule has 1 aliphatic carbocycles. The van der Waals surface area contributed by atoms with Crippen molar-refractivity contribution in [2.75, 3.05) is 13.1 Å². The van der Waals surface area contributed by atoms with Crippen molar-refractivity contribution in [3.63, 3.8) is 0 Å². The van der Waals surface area contributed by atoms with E-state index in [9.17, 15) is 9.18 Å². The van der Waals surface area contributed by atoms with Crippen LogP contribution in [0.5, 0.6) is 0 Å². The summed E-state index contributed by atoms with van der Waals surface area (Å²) >= 11 is 0. The molecule has 1 amide bonds. The van der Waals surface area contributed by atoms with Gasteiger partial charge in [0, 0.05) is 18.5 Å². The van der Waals surface area contributed by atoms with Crippen LogP contribution in [0.1, 0.15) is 84.3 Å². The summed E-state index contributed by atoms with van der Waals surface area (Å²) in [5.41, 5.74) is 0.994. The minimum absolute atomic E-state index is 0.103. The Labute approximate surface area is 213 Å². The molecule has 2 aromatic carbocycles. The second-order valence-corrected chi connectivity index (χ2v) is 13.9. The van der Waals surface area contributed by atoms with Crippen molar-refractivity contribution in [3.8, 4) is 0 Å². The number of carbonyl (C=O) groups excluding carboxylic acids is 1. The van der Waals surface area contributed by atoms with Crippen LogP contribution in [0.2, 0.25) is 5.04 Å². The fraction of sp³-hybridized carbons (Fsp3) is 0.567. The summed E-state index contributed by atoms with van der Waals surface area (Å²) in [5, 5.41) is 0.103. The Balaban J connectivity index is 1.60. The number of benzene rings is 2. The van der Waals surface area contributed by atoms with Crippen molar-refractivity contribution in [1.82, 2.24) is 4.90 Å². The first-order chi connectivity index (χ1) is 16.5. The number of carbonyl (C=O) groups is 1. The largest absolute Gasteiger partial charge is 0.411 e. The molecular weight excluding hydrogens is 453 g/mol. The van der Waals surface area contributed by atoms with Crippen molar-refractivity contribution >= 4 is 15.7 Å². The Bertz CT molecular complexity index is 1020. The Morgan fingerprint density at radius 3 is 2.06 bits per heavy atom. The van der Waals surface area contributed by atoms with E-state index in [1.807, 2.05) is 6.07 Å². The first-order valence-electron chi connectivity index (χ1n) is 13.1. The molecule has 1 heterocycles. The molecule has 0 spiro atoms. The normalized spacial score (nSPS) is 20.1. The van der Waals surface area contributed by atoms with E-state index in [-0.39, 0.29) is 27.8 Å². The van der Waals surface area contributed by atoms with Crippen molar-refractivity contribution in [2.45, 2.75) is 94.6 Å². The number of halogens is 1. The second kappa shape index (κ2) is 9.82. The fourth-order valence-corrected chi connectivity index (χ4v) is 6.92. The fourth-order valence-electron chi connectivity index (χ4n) is 6.16. The van der Waals surface area contributed by atoms with Gasteiger partial charge >= 0.3 is 0 Å². The number of rotatable bonds is 6. The van der Waals surface area contributed by atoms with Gasteiger partial charge in [0.15, 0.2) is 0 Å². The average molecular weight is 494 g/mol. The molecule has 1 saturated heterocycles. The van der Waals surface area contributed by atoms with Crippen molar-refractivity contribution in [2.24, 2.45) is 0 Å². The molecule has 0 aromatic heterocycles. The molecule has 2 aliphatic rings. The van der Waals surface area contributed by atoms with E-state index >= 15 is 0 Å². The maximum atomic E-state index is 14.1. The van der Waals surface area contributed by atoms with Gasteiger partial charge in [-0.05, 0) is 67.8 Å². The Hall–Kier alpha value is -1.98. The number of hydrogen-bond donors (Lipinski definition) is 0. The number of piperidine rings is 1. The molecule has 1 aliphatic heterocycles. The third kappa shape index (κ3) is 5.13. The van der Waals surface area contributed by atoms with Crippen LogP contribution in [0.25, 0.3) is 0 Å². The minimum atomic E-state index is -0.589. The smallest absolute Gasteiger partial charge is 0.236 e. The summed E-state index contributed by atoms with van der Waals surface area (Å²) in [6.07, 6.45) is 5.33. The second-order valence-electron chi connectivity index (χ2n) is 12.0. The molecule has 3 nitrogen and oxygen atoms in total. The van der Waals surface area contributed by atoms with E-state index in [2.05, 4.69) is 69.9 Å². The zero-order valence-electron chi connectivity index (χ0n) is 22.0. The van der Waals surface area contributed by atoms with Gasteiger partial charge in [-0.25, -0.2) is 4.39 Å². The van der Waals surface area contributed by atoms with E-state index in [0.717, 1.165) is 44.1 Å². The van der Waals surface area contributed by atoms with E-state index in [4.69, 9.17) is 4.43 Å². The van der Waals surface area contributed by atoms with Crippen LogP contribution in [0, 0.1) is 5.82 Å². The maximum absolute atomic E-state index is 14.1. The zero-order chi connectivity index (χ0) is 25.3. The Morgan fingerprint density at radius 2 is 1.49 bits per heavy atom. The van der Waals surface area contributed by atoms with Gasteiger partial charge < -0.3 is 9.33 Å². The van der Waals surface area contributed by atoms with Gasteiger partial charge in [0.25, 0.3) is 0 Å². The van der Waals surface area contributed by atoms with Crippen LogP contribution in [0.15, 0.2) is 54.6 Å². The molecule has 4 rings (SSSR count). The number of likely N-dealkylation sites (tertiary alicyclic amines) is 1. The van der Waals surface area contributed by atoms with Crippen molar-refractivity contribution < 1.29 is 13.6 Å². The highest BCUT2D eigenvalue weighted by atomic mass is 28.2. The Kier molecular flexibility index (Phi) is 7.32. The predicted molar refractivity (Wildman–Crippen MR) is 141 cm³/mol. The third-order valence-corrected chi connectivity index (χ3v) is 9.46. The van der Waals surface area contributed by atoms with Gasteiger partial charge in [0.1, 0.15) is 5.82 Å². The highest BCUT2D eigenvalue weighted by Crippen LogP contribution is 2.49. The molecule has 2 fully saturated rings. The summed E-state index contributed by atoms with van der Waals surface area (Å²) in [4.78, 5) is 16.1. The number of hydrogen-bond acceptors (Lipinski definition) is 2. The molecular formula is C30H40FNO2Si. The number of amides is 1. The molecule has 2 radical (unpaired) electrons. The molecule has 0 N–H and O–H groups in total. The monoisotopic (exact) mass is 493 g/mol. The topological polar surface area (TPSA) is 29.5 Å². The van der Waals surface area contributed by atoms with E-state index in [1.54, 1.807) is 12.1 Å². The van der Waals surface area contributed by atoms with Crippen LogP contribution in [0.3, 0.4) is 0 Å². The predicted octanol–water partition coefficient (Wildman–Crippen LogP) is 6.83. The lowest BCUT2D eigenvalue weighted by Crippen LogP contribution is -2.58. The molecule has 0 bridgehead atoms. The summed E-state index contributed by atoms with van der Waals surface area (Å²) in [5.74, 6) is -0.0838. The van der Waals surface area contributed by atoms with Gasteiger partial charge in [-0.15, -0.1) is 0 Å². The molecule has 188 valence electrons. The van der Waals surface area contributed by atoms with E-state index in [0.29, 0.717) is 22.9 Å². The maximum Gasteiger partial charge on any atom is 0.236 e. The molecule has 2 aromatic rings. The highest BCUT2D eigenvalue weighted by Gasteiger charge is 2.52. The first kappa shape index (κ1) is 26.1. The average Bonchev–Trinajstić information content (AvgIpc) is 3.34. The third-order valence-electron chi connectivity index (χ3n) is 8.24. The van der Waals surface area contributed by atoms with Crippen molar-refractivity contribution in [1.29, 1.82) is 0 Å². The highest BCUT2D eigenvalue weighted by molar-refractivity contribution is 6.31. The van der Waals surface area contributed by atoms with Gasteiger partial charge in [-0.3, -0.25) is 4.79 Å².